The van der Waals surface area contributed by atoms with Crippen LogP contribution in [0.4, 0.5) is 0 Å². The van der Waals surface area contributed by atoms with Gasteiger partial charge in [0.2, 0.25) is 0 Å². The lowest BCUT2D eigenvalue weighted by molar-refractivity contribution is -0.161. The Kier molecular flexibility index (Phi) is 31.3. The first kappa shape index (κ1) is 46.7. The van der Waals surface area contributed by atoms with E-state index in [9.17, 15) is 23.8 Å². The molecule has 3 unspecified atom stereocenters. The van der Waals surface area contributed by atoms with Gasteiger partial charge in [-0.3, -0.25) is 23.4 Å². The topological polar surface area (TPSA) is 172 Å². The first-order chi connectivity index (χ1) is 23.6. The standard InChI is InChI=1S/C37H66NO10P/c1-3-5-7-9-11-13-15-17-19-21-23-25-27-29-36(40)48-33(31-46-49(43,44)47-32-34(38)37(41)42)30-45-35(39)28-26-24-22-20-18-16-14-12-10-8-6-4-2/h5,7,11,13,17,19,33-34H,3-4,6,8-10,12,14-16,18,20-32,38H2,1-2H3,(H,41,42)(H,43,44)/b7-5-,13-11-,19-17-. The molecule has 11 nitrogen and oxygen atoms in total. The summed E-state index contributed by atoms with van der Waals surface area (Å²) < 4.78 is 32.5. The second-order valence-corrected chi connectivity index (χ2v) is 13.8. The van der Waals surface area contributed by atoms with Gasteiger partial charge in [0, 0.05) is 12.8 Å². The highest BCUT2D eigenvalue weighted by Gasteiger charge is 2.28. The van der Waals surface area contributed by atoms with Gasteiger partial charge in [-0.25, -0.2) is 4.57 Å². The first-order valence-corrected chi connectivity index (χ1v) is 20.0. The van der Waals surface area contributed by atoms with Crippen LogP contribution in [0.3, 0.4) is 0 Å². The van der Waals surface area contributed by atoms with Crippen molar-refractivity contribution in [2.75, 3.05) is 19.8 Å². The van der Waals surface area contributed by atoms with Crippen molar-refractivity contribution < 1.29 is 47.5 Å². The van der Waals surface area contributed by atoms with E-state index in [2.05, 4.69) is 54.8 Å². The minimum Gasteiger partial charge on any atom is -0.480 e. The van der Waals surface area contributed by atoms with Crippen LogP contribution in [0.1, 0.15) is 149 Å². The van der Waals surface area contributed by atoms with Crippen molar-refractivity contribution >= 4 is 25.7 Å². The Hall–Kier alpha value is -2.30. The zero-order chi connectivity index (χ0) is 36.4. The summed E-state index contributed by atoms with van der Waals surface area (Å²) in [5.41, 5.74) is 5.31. The van der Waals surface area contributed by atoms with E-state index in [-0.39, 0.29) is 19.4 Å². The molecule has 0 heterocycles. The van der Waals surface area contributed by atoms with Gasteiger partial charge < -0.3 is 25.2 Å². The van der Waals surface area contributed by atoms with Gasteiger partial charge >= 0.3 is 25.7 Å². The van der Waals surface area contributed by atoms with Gasteiger partial charge in [-0.1, -0.05) is 127 Å². The second kappa shape index (κ2) is 32.9. The Morgan fingerprint density at radius 2 is 1.14 bits per heavy atom. The SMILES string of the molecule is CC/C=C\C/C=C\C/C=C\CCCCCC(=O)OC(COC(=O)CCCCCCCCCCCCCC)COP(=O)(O)OCC(N)C(=O)O. The van der Waals surface area contributed by atoms with E-state index in [0.717, 1.165) is 57.8 Å². The number of ether oxygens (including phenoxy) is 2. The molecule has 0 aromatic rings. The Balaban J connectivity index is 4.51. The maximum atomic E-state index is 12.5. The van der Waals surface area contributed by atoms with Crippen LogP contribution in [-0.2, 0) is 37.5 Å². The molecule has 0 aromatic carbocycles. The molecular formula is C37H66NO10P. The maximum Gasteiger partial charge on any atom is 0.472 e. The fraction of sp³-hybridized carbons (Fsp3) is 0.757. The Bertz CT molecular complexity index is 984. The van der Waals surface area contributed by atoms with Crippen LogP contribution < -0.4 is 5.73 Å². The lowest BCUT2D eigenvalue weighted by Crippen LogP contribution is -2.34. The predicted molar refractivity (Wildman–Crippen MR) is 194 cm³/mol. The summed E-state index contributed by atoms with van der Waals surface area (Å²) >= 11 is 0. The van der Waals surface area contributed by atoms with Crippen LogP contribution in [0.2, 0.25) is 0 Å². The summed E-state index contributed by atoms with van der Waals surface area (Å²) in [5.74, 6) is -2.42. The van der Waals surface area contributed by atoms with Crippen LogP contribution in [0.15, 0.2) is 36.5 Å². The smallest absolute Gasteiger partial charge is 0.472 e. The van der Waals surface area contributed by atoms with Crippen LogP contribution in [0, 0.1) is 0 Å². The molecule has 0 spiro atoms. The summed E-state index contributed by atoms with van der Waals surface area (Å²) in [6, 6.07) is -1.52. The molecular weight excluding hydrogens is 649 g/mol. The Morgan fingerprint density at radius 1 is 0.653 bits per heavy atom. The van der Waals surface area contributed by atoms with Crippen LogP contribution in [0.25, 0.3) is 0 Å². The minimum atomic E-state index is -4.71. The number of phosphoric acid groups is 1. The molecule has 0 aliphatic rings. The zero-order valence-electron chi connectivity index (χ0n) is 30.3. The van der Waals surface area contributed by atoms with Gasteiger partial charge in [-0.15, -0.1) is 0 Å². The van der Waals surface area contributed by atoms with Crippen molar-refractivity contribution in [2.24, 2.45) is 5.73 Å². The van der Waals surface area contributed by atoms with E-state index in [1.54, 1.807) is 0 Å². The number of phosphoric ester groups is 1. The molecule has 0 aromatic heterocycles. The predicted octanol–water partition coefficient (Wildman–Crippen LogP) is 8.89. The fourth-order valence-electron chi connectivity index (χ4n) is 4.72. The van der Waals surface area contributed by atoms with Gasteiger partial charge in [-0.2, -0.15) is 0 Å². The highest BCUT2D eigenvalue weighted by atomic mass is 31.2. The molecule has 0 saturated heterocycles. The monoisotopic (exact) mass is 715 g/mol. The summed E-state index contributed by atoms with van der Waals surface area (Å²) in [4.78, 5) is 45.7. The highest BCUT2D eigenvalue weighted by molar-refractivity contribution is 7.47. The van der Waals surface area contributed by atoms with E-state index < -0.39 is 51.1 Å². The van der Waals surface area contributed by atoms with Gasteiger partial charge in [-0.05, 0) is 44.9 Å². The quantitative estimate of drug-likeness (QED) is 0.0251. The molecule has 0 saturated carbocycles. The van der Waals surface area contributed by atoms with Crippen LogP contribution in [0.5, 0.6) is 0 Å². The van der Waals surface area contributed by atoms with Crippen molar-refractivity contribution in [3.8, 4) is 0 Å². The number of rotatable bonds is 34. The maximum absolute atomic E-state index is 12.5. The summed E-state index contributed by atoms with van der Waals surface area (Å²) in [5, 5.41) is 8.85. The van der Waals surface area contributed by atoms with Gasteiger partial charge in [0.05, 0.1) is 13.2 Å². The lowest BCUT2D eigenvalue weighted by Gasteiger charge is -2.20. The number of carbonyl (C=O) groups excluding carboxylic acids is 2. The molecule has 4 N–H and O–H groups in total. The lowest BCUT2D eigenvalue weighted by atomic mass is 10.0. The number of hydrogen-bond donors (Lipinski definition) is 3. The van der Waals surface area contributed by atoms with Gasteiger partial charge in [0.15, 0.2) is 6.10 Å². The molecule has 284 valence electrons. The number of nitrogens with two attached hydrogens (primary N) is 1. The number of unbranched alkanes of at least 4 members (excludes halogenated alkanes) is 14. The van der Waals surface area contributed by atoms with E-state index in [4.69, 9.17) is 24.8 Å². The summed E-state index contributed by atoms with van der Waals surface area (Å²) in [6.07, 6.45) is 32.2. The fourth-order valence-corrected chi connectivity index (χ4v) is 5.50. The van der Waals surface area contributed by atoms with Crippen molar-refractivity contribution in [1.82, 2.24) is 0 Å². The third kappa shape index (κ3) is 32.7. The number of carboxylic acids is 1. The molecule has 0 aliphatic heterocycles. The summed E-state index contributed by atoms with van der Waals surface area (Å²) in [6.45, 7) is 2.62. The molecule has 12 heteroatoms. The van der Waals surface area contributed by atoms with Gasteiger partial charge in [0.25, 0.3) is 0 Å². The van der Waals surface area contributed by atoms with Crippen LogP contribution >= 0.6 is 7.82 Å². The number of aliphatic carboxylic acids is 1. The molecule has 0 bridgehead atoms. The Morgan fingerprint density at radius 3 is 1.71 bits per heavy atom. The number of hydrogen-bond acceptors (Lipinski definition) is 9. The average molecular weight is 716 g/mol. The van der Waals surface area contributed by atoms with Crippen LogP contribution in [-0.4, -0.2) is 59.9 Å². The van der Waals surface area contributed by atoms with Crippen molar-refractivity contribution in [1.29, 1.82) is 0 Å². The highest BCUT2D eigenvalue weighted by Crippen LogP contribution is 2.43. The number of esters is 2. The number of carbonyl (C=O) groups is 3. The molecule has 0 rings (SSSR count). The minimum absolute atomic E-state index is 0.127. The third-order valence-corrected chi connectivity index (χ3v) is 8.60. The van der Waals surface area contributed by atoms with E-state index in [0.29, 0.717) is 12.8 Å². The van der Waals surface area contributed by atoms with E-state index >= 15 is 0 Å². The van der Waals surface area contributed by atoms with E-state index in [1.807, 2.05) is 0 Å². The molecule has 0 aliphatic carbocycles. The Labute approximate surface area is 295 Å². The van der Waals surface area contributed by atoms with Crippen molar-refractivity contribution in [2.45, 2.75) is 161 Å². The van der Waals surface area contributed by atoms with Crippen molar-refractivity contribution in [3.63, 3.8) is 0 Å². The largest absolute Gasteiger partial charge is 0.480 e. The van der Waals surface area contributed by atoms with Crippen molar-refractivity contribution in [3.05, 3.63) is 36.5 Å². The molecule has 3 atom stereocenters. The number of allylic oxidation sites excluding steroid dienone is 6. The number of carboxylic acid groups (broad SMARTS) is 1. The molecule has 49 heavy (non-hydrogen) atoms. The second-order valence-electron chi connectivity index (χ2n) is 12.3. The normalized spacial score (nSPS) is 14.4. The molecule has 0 fully saturated rings. The zero-order valence-corrected chi connectivity index (χ0v) is 31.2. The van der Waals surface area contributed by atoms with Gasteiger partial charge in [0.1, 0.15) is 12.6 Å². The third-order valence-electron chi connectivity index (χ3n) is 7.65. The molecule has 0 amide bonds. The van der Waals surface area contributed by atoms with E-state index in [1.165, 1.54) is 51.4 Å². The summed E-state index contributed by atoms with van der Waals surface area (Å²) in [7, 11) is -4.71. The molecule has 0 radical (unpaired) electrons. The first-order valence-electron chi connectivity index (χ1n) is 18.5. The average Bonchev–Trinajstić information content (AvgIpc) is 3.07.